The molecule has 0 aliphatic rings. The topological polar surface area (TPSA) is 73.1 Å². The predicted octanol–water partition coefficient (Wildman–Crippen LogP) is 2.74. The minimum absolute atomic E-state index is 0.0505. The molecule has 162 valence electrons. The smallest absolute Gasteiger partial charge is 0.331 e. The number of amides is 1. The number of para-hydroxylation sites is 1. The van der Waals surface area contributed by atoms with Crippen molar-refractivity contribution in [3.63, 3.8) is 0 Å². The summed E-state index contributed by atoms with van der Waals surface area (Å²) in [5.41, 5.74) is 2.93. The Morgan fingerprint density at radius 1 is 0.781 bits per heavy atom. The Labute approximate surface area is 185 Å². The van der Waals surface area contributed by atoms with Crippen molar-refractivity contribution in [3.8, 4) is 0 Å². The van der Waals surface area contributed by atoms with Crippen LogP contribution < -0.4 is 16.6 Å². The number of likely N-dealkylation sites (N-methyl/N-ethyl adjacent to an activating group) is 1. The van der Waals surface area contributed by atoms with Crippen LogP contribution in [0.25, 0.3) is 10.9 Å². The lowest BCUT2D eigenvalue weighted by Crippen LogP contribution is -2.40. The van der Waals surface area contributed by atoms with Gasteiger partial charge in [-0.3, -0.25) is 18.7 Å². The fourth-order valence-corrected chi connectivity index (χ4v) is 3.83. The van der Waals surface area contributed by atoms with Crippen LogP contribution in [0.15, 0.2) is 88.5 Å². The summed E-state index contributed by atoms with van der Waals surface area (Å²) in [6.45, 7) is 0.656. The molecule has 3 aromatic carbocycles. The van der Waals surface area contributed by atoms with Crippen molar-refractivity contribution < 1.29 is 4.79 Å². The molecule has 1 aromatic heterocycles. The summed E-state index contributed by atoms with van der Waals surface area (Å²) in [5.74, 6) is -0.0505. The highest BCUT2D eigenvalue weighted by Gasteiger charge is 2.13. The standard InChI is InChI=1S/C26H25N3O3/c1-27-24(30)17-20-11-13-21(14-12-20)18-29-23-10-6-5-9-22(23)25(31)28(26(29)32)16-15-19-7-3-2-4-8-19/h2-14H,15-18H2,1H3,(H,27,30). The van der Waals surface area contributed by atoms with Gasteiger partial charge in [0.15, 0.2) is 0 Å². The number of fused-ring (bicyclic) bond motifs is 1. The zero-order chi connectivity index (χ0) is 22.5. The van der Waals surface area contributed by atoms with Gasteiger partial charge in [-0.1, -0.05) is 66.7 Å². The van der Waals surface area contributed by atoms with Crippen molar-refractivity contribution in [2.45, 2.75) is 25.9 Å². The summed E-state index contributed by atoms with van der Waals surface area (Å²) < 4.78 is 2.98. The van der Waals surface area contributed by atoms with E-state index < -0.39 is 0 Å². The zero-order valence-corrected chi connectivity index (χ0v) is 18.0. The maximum Gasteiger partial charge on any atom is 0.331 e. The number of nitrogens with one attached hydrogen (secondary N) is 1. The summed E-state index contributed by atoms with van der Waals surface area (Å²) >= 11 is 0. The molecular weight excluding hydrogens is 402 g/mol. The molecule has 0 bridgehead atoms. The summed E-state index contributed by atoms with van der Waals surface area (Å²) in [5, 5.41) is 3.14. The van der Waals surface area contributed by atoms with Crippen molar-refractivity contribution in [3.05, 3.63) is 116 Å². The first-order valence-corrected chi connectivity index (χ1v) is 10.6. The monoisotopic (exact) mass is 427 g/mol. The number of hydrogen-bond acceptors (Lipinski definition) is 3. The number of nitrogens with zero attached hydrogens (tertiary/aromatic N) is 2. The van der Waals surface area contributed by atoms with Crippen LogP contribution >= 0.6 is 0 Å². The molecule has 0 radical (unpaired) electrons. The van der Waals surface area contributed by atoms with Crippen LogP contribution in [0.1, 0.15) is 16.7 Å². The summed E-state index contributed by atoms with van der Waals surface area (Å²) in [7, 11) is 1.61. The summed E-state index contributed by atoms with van der Waals surface area (Å²) in [4.78, 5) is 38.0. The highest BCUT2D eigenvalue weighted by molar-refractivity contribution is 5.78. The highest BCUT2D eigenvalue weighted by atomic mass is 16.2. The van der Waals surface area contributed by atoms with Crippen LogP contribution in [0.3, 0.4) is 0 Å². The van der Waals surface area contributed by atoms with Gasteiger partial charge < -0.3 is 5.32 Å². The number of carbonyl (C=O) groups is 1. The average molecular weight is 428 g/mol. The Kier molecular flexibility index (Phi) is 6.31. The maximum absolute atomic E-state index is 13.4. The Morgan fingerprint density at radius 2 is 1.44 bits per heavy atom. The molecule has 0 saturated heterocycles. The van der Waals surface area contributed by atoms with Gasteiger partial charge in [-0.05, 0) is 35.2 Å². The molecular formula is C26H25N3O3. The van der Waals surface area contributed by atoms with Crippen molar-refractivity contribution in [1.82, 2.24) is 14.5 Å². The van der Waals surface area contributed by atoms with E-state index in [1.54, 1.807) is 23.7 Å². The minimum Gasteiger partial charge on any atom is -0.359 e. The molecule has 4 rings (SSSR count). The lowest BCUT2D eigenvalue weighted by atomic mass is 10.1. The zero-order valence-electron chi connectivity index (χ0n) is 18.0. The van der Waals surface area contributed by atoms with Crippen molar-refractivity contribution in [1.29, 1.82) is 0 Å². The van der Waals surface area contributed by atoms with Gasteiger partial charge in [0.05, 0.1) is 23.9 Å². The van der Waals surface area contributed by atoms with Gasteiger partial charge >= 0.3 is 5.69 Å². The maximum atomic E-state index is 13.4. The minimum atomic E-state index is -0.320. The first-order valence-electron chi connectivity index (χ1n) is 10.6. The quantitative estimate of drug-likeness (QED) is 0.493. The second-order valence-corrected chi connectivity index (χ2v) is 7.74. The second-order valence-electron chi connectivity index (χ2n) is 7.74. The SMILES string of the molecule is CNC(=O)Cc1ccc(Cn2c(=O)n(CCc3ccccc3)c(=O)c3ccccc32)cc1. The molecule has 0 unspecified atom stereocenters. The number of benzene rings is 3. The van der Waals surface area contributed by atoms with Gasteiger partial charge in [-0.2, -0.15) is 0 Å². The van der Waals surface area contributed by atoms with E-state index >= 15 is 0 Å². The van der Waals surface area contributed by atoms with Crippen LogP contribution in [0.4, 0.5) is 0 Å². The van der Waals surface area contributed by atoms with Gasteiger partial charge in [0.2, 0.25) is 5.91 Å². The number of rotatable bonds is 7. The molecule has 0 aliphatic carbocycles. The Bertz CT molecular complexity index is 1350. The third-order valence-corrected chi connectivity index (χ3v) is 5.61. The molecule has 1 heterocycles. The number of hydrogen-bond donors (Lipinski definition) is 1. The van der Waals surface area contributed by atoms with Crippen LogP contribution in [-0.4, -0.2) is 22.1 Å². The summed E-state index contributed by atoms with van der Waals surface area (Å²) in [6, 6.07) is 24.7. The van der Waals surface area contributed by atoms with Gasteiger partial charge in [0, 0.05) is 13.6 Å². The molecule has 0 atom stereocenters. The molecule has 0 saturated carbocycles. The van der Waals surface area contributed by atoms with Crippen LogP contribution in [0.2, 0.25) is 0 Å². The van der Waals surface area contributed by atoms with E-state index in [1.807, 2.05) is 66.7 Å². The van der Waals surface area contributed by atoms with E-state index in [1.165, 1.54) is 4.57 Å². The van der Waals surface area contributed by atoms with Gasteiger partial charge in [0.25, 0.3) is 5.56 Å². The molecule has 1 N–H and O–H groups in total. The van der Waals surface area contributed by atoms with E-state index in [4.69, 9.17) is 0 Å². The molecule has 0 spiro atoms. The molecule has 4 aromatic rings. The van der Waals surface area contributed by atoms with Gasteiger partial charge in [-0.15, -0.1) is 0 Å². The molecule has 32 heavy (non-hydrogen) atoms. The normalized spacial score (nSPS) is 10.9. The first-order chi connectivity index (χ1) is 15.6. The summed E-state index contributed by atoms with van der Waals surface area (Å²) in [6.07, 6.45) is 0.909. The number of aryl methyl sites for hydroxylation is 1. The van der Waals surface area contributed by atoms with Gasteiger partial charge in [0.1, 0.15) is 0 Å². The third-order valence-electron chi connectivity index (χ3n) is 5.61. The second kappa shape index (κ2) is 9.47. The highest BCUT2D eigenvalue weighted by Crippen LogP contribution is 2.12. The van der Waals surface area contributed by atoms with E-state index in [-0.39, 0.29) is 17.2 Å². The third kappa shape index (κ3) is 4.54. The molecule has 6 nitrogen and oxygen atoms in total. The van der Waals surface area contributed by atoms with E-state index in [2.05, 4.69) is 5.32 Å². The average Bonchev–Trinajstić information content (AvgIpc) is 2.83. The van der Waals surface area contributed by atoms with Crippen LogP contribution in [0, 0.1) is 0 Å². The number of aromatic nitrogens is 2. The fourth-order valence-electron chi connectivity index (χ4n) is 3.83. The fraction of sp³-hybridized carbons (Fsp3) is 0.192. The molecule has 6 heteroatoms. The molecule has 0 aliphatic heterocycles. The predicted molar refractivity (Wildman–Crippen MR) is 126 cm³/mol. The Hall–Kier alpha value is -3.93. The van der Waals surface area contributed by atoms with Crippen molar-refractivity contribution in [2.75, 3.05) is 7.05 Å². The Balaban J connectivity index is 1.69. The lowest BCUT2D eigenvalue weighted by molar-refractivity contribution is -0.119. The van der Waals surface area contributed by atoms with Crippen LogP contribution in [-0.2, 0) is 30.7 Å². The first kappa shape index (κ1) is 21.3. The van der Waals surface area contributed by atoms with E-state index in [0.717, 1.165) is 16.7 Å². The van der Waals surface area contributed by atoms with Crippen molar-refractivity contribution in [2.24, 2.45) is 0 Å². The van der Waals surface area contributed by atoms with E-state index in [0.29, 0.717) is 36.8 Å². The lowest BCUT2D eigenvalue weighted by Gasteiger charge is -2.14. The van der Waals surface area contributed by atoms with Crippen molar-refractivity contribution >= 4 is 16.8 Å². The molecule has 1 amide bonds. The number of carbonyl (C=O) groups excluding carboxylic acids is 1. The van der Waals surface area contributed by atoms with E-state index in [9.17, 15) is 14.4 Å². The van der Waals surface area contributed by atoms with Gasteiger partial charge in [-0.25, -0.2) is 4.79 Å². The Morgan fingerprint density at radius 3 is 2.16 bits per heavy atom. The van der Waals surface area contributed by atoms with Crippen LogP contribution in [0.5, 0.6) is 0 Å². The molecule has 0 fully saturated rings. The largest absolute Gasteiger partial charge is 0.359 e.